The van der Waals surface area contributed by atoms with Crippen LogP contribution in [0.3, 0.4) is 0 Å². The fourth-order valence-corrected chi connectivity index (χ4v) is 0. The van der Waals surface area contributed by atoms with E-state index in [-0.39, 0.29) is 0 Å². The predicted octanol–water partition coefficient (Wildman–Crippen LogP) is -1.14. The van der Waals surface area contributed by atoms with Crippen molar-refractivity contribution in [3.05, 3.63) is 0 Å². The van der Waals surface area contributed by atoms with Crippen molar-refractivity contribution in [2.24, 2.45) is 0 Å². The molecule has 0 heterocycles. The number of carboxylic acids is 2. The minimum atomic E-state index is -2.28. The first-order valence-corrected chi connectivity index (χ1v) is 3.27. The summed E-state index contributed by atoms with van der Waals surface area (Å²) in [6.45, 7) is 0.972. The number of rotatable bonds is 0. The van der Waals surface area contributed by atoms with E-state index in [0.29, 0.717) is 0 Å². The van der Waals surface area contributed by atoms with Crippen LogP contribution in [-0.2, 0) is 9.59 Å². The van der Waals surface area contributed by atoms with Gasteiger partial charge in [-0.2, -0.15) is 0 Å². The van der Waals surface area contributed by atoms with Gasteiger partial charge in [-0.1, -0.05) is 34.8 Å². The molecule has 66 valence electrons. The second-order valence-electron chi connectivity index (χ2n) is 1.28. The number of carbonyl (C=O) groups is 2. The molecule has 0 rings (SSSR count). The molecule has 0 aromatic heterocycles. The zero-order valence-electron chi connectivity index (χ0n) is 5.27. The molecule has 0 bridgehead atoms. The Morgan fingerprint density at radius 2 is 1.27 bits per heavy atom. The lowest BCUT2D eigenvalue weighted by atomic mass is 10.8. The Kier molecular flexibility index (Phi) is 6.65. The highest BCUT2D eigenvalue weighted by molar-refractivity contribution is 6.75. The van der Waals surface area contributed by atoms with E-state index in [1.54, 1.807) is 0 Å². The number of carboxylic acid groups (broad SMARTS) is 2. The monoisotopic (exact) mass is 220 g/mol. The Morgan fingerprint density at radius 3 is 1.27 bits per heavy atom. The molecular weight excluding hydrogens is 218 g/mol. The van der Waals surface area contributed by atoms with Gasteiger partial charge in [0.2, 0.25) is 3.79 Å². The summed E-state index contributed by atoms with van der Waals surface area (Å²) in [4.78, 5) is 18.4. The van der Waals surface area contributed by atoms with E-state index < -0.39 is 15.7 Å². The van der Waals surface area contributed by atoms with Crippen LogP contribution in [0.15, 0.2) is 0 Å². The average Bonchev–Trinajstić information content (AvgIpc) is 1.59. The molecule has 0 fully saturated rings. The van der Waals surface area contributed by atoms with Crippen LogP contribution < -0.4 is 10.2 Å². The number of halogens is 3. The second-order valence-corrected chi connectivity index (χ2v) is 3.56. The average molecular weight is 221 g/mol. The first-order valence-electron chi connectivity index (χ1n) is 2.13. The highest BCUT2D eigenvalue weighted by Gasteiger charge is 2.20. The molecule has 0 aliphatic heterocycles. The Morgan fingerprint density at radius 1 is 1.18 bits per heavy atom. The summed E-state index contributed by atoms with van der Waals surface area (Å²) >= 11 is 14.2. The molecule has 0 spiro atoms. The Labute approximate surface area is 77.7 Å². The molecular formula is C4H3Cl3O4-2. The van der Waals surface area contributed by atoms with Crippen LogP contribution in [0.25, 0.3) is 0 Å². The van der Waals surface area contributed by atoms with E-state index in [1.807, 2.05) is 0 Å². The van der Waals surface area contributed by atoms with Gasteiger partial charge in [-0.05, 0) is 6.92 Å². The summed E-state index contributed by atoms with van der Waals surface area (Å²) in [5.41, 5.74) is 0. The fourth-order valence-electron chi connectivity index (χ4n) is 0. The van der Waals surface area contributed by atoms with E-state index in [9.17, 15) is 9.90 Å². The van der Waals surface area contributed by atoms with Crippen molar-refractivity contribution in [3.8, 4) is 0 Å². The number of alkyl halides is 3. The van der Waals surface area contributed by atoms with Gasteiger partial charge in [0.15, 0.2) is 0 Å². The highest BCUT2D eigenvalue weighted by atomic mass is 35.6. The quantitative estimate of drug-likeness (QED) is 0.484. The van der Waals surface area contributed by atoms with Crippen LogP contribution in [0, 0.1) is 0 Å². The van der Waals surface area contributed by atoms with Gasteiger partial charge < -0.3 is 19.8 Å². The highest BCUT2D eigenvalue weighted by Crippen LogP contribution is 2.24. The van der Waals surface area contributed by atoms with E-state index >= 15 is 0 Å². The van der Waals surface area contributed by atoms with Crippen molar-refractivity contribution in [1.29, 1.82) is 0 Å². The minimum Gasteiger partial charge on any atom is -0.550 e. The Balaban J connectivity index is 0. The zero-order chi connectivity index (χ0) is 9.65. The number of aliphatic carboxylic acids is 2. The number of carbonyl (C=O) groups excluding carboxylic acids is 2. The third-order valence-corrected chi connectivity index (χ3v) is 0.694. The molecule has 0 aliphatic carbocycles. The van der Waals surface area contributed by atoms with E-state index in [0.717, 1.165) is 6.92 Å². The molecule has 0 unspecified atom stereocenters. The lowest BCUT2D eigenvalue weighted by Crippen LogP contribution is -2.35. The van der Waals surface area contributed by atoms with Crippen molar-refractivity contribution >= 4 is 46.7 Å². The van der Waals surface area contributed by atoms with Crippen LogP contribution in [0.5, 0.6) is 0 Å². The summed E-state index contributed by atoms with van der Waals surface area (Å²) in [7, 11) is 0. The van der Waals surface area contributed by atoms with Crippen LogP contribution >= 0.6 is 34.8 Å². The number of hydrogen-bond acceptors (Lipinski definition) is 4. The first kappa shape index (κ1) is 13.4. The van der Waals surface area contributed by atoms with Gasteiger partial charge >= 0.3 is 0 Å². The molecule has 4 nitrogen and oxygen atoms in total. The molecule has 11 heavy (non-hydrogen) atoms. The van der Waals surface area contributed by atoms with Gasteiger partial charge in [0.1, 0.15) is 0 Å². The molecule has 0 amide bonds. The van der Waals surface area contributed by atoms with Gasteiger partial charge in [-0.25, -0.2) is 0 Å². The number of hydrogen-bond donors (Lipinski definition) is 0. The Hall–Kier alpha value is -0.190. The van der Waals surface area contributed by atoms with Crippen LogP contribution in [0.2, 0.25) is 0 Å². The maximum Gasteiger partial charge on any atom is 0.230 e. The van der Waals surface area contributed by atoms with Gasteiger partial charge in [-0.3, -0.25) is 0 Å². The fraction of sp³-hybridized carbons (Fsp3) is 0.500. The maximum atomic E-state index is 9.51. The molecule has 0 radical (unpaired) electrons. The van der Waals surface area contributed by atoms with Crippen molar-refractivity contribution in [3.63, 3.8) is 0 Å². The first-order chi connectivity index (χ1) is 4.68. The van der Waals surface area contributed by atoms with Gasteiger partial charge in [0.05, 0.1) is 5.97 Å². The normalized spacial score (nSPS) is 9.45. The lowest BCUT2D eigenvalue weighted by Gasteiger charge is -2.09. The van der Waals surface area contributed by atoms with E-state index in [4.69, 9.17) is 44.7 Å². The summed E-state index contributed by atoms with van der Waals surface area (Å²) in [6, 6.07) is 0. The van der Waals surface area contributed by atoms with Gasteiger partial charge in [-0.15, -0.1) is 0 Å². The topological polar surface area (TPSA) is 80.3 Å². The van der Waals surface area contributed by atoms with Gasteiger partial charge in [0, 0.05) is 5.97 Å². The smallest absolute Gasteiger partial charge is 0.230 e. The van der Waals surface area contributed by atoms with E-state index in [1.165, 1.54) is 0 Å². The van der Waals surface area contributed by atoms with Crippen molar-refractivity contribution in [2.75, 3.05) is 0 Å². The van der Waals surface area contributed by atoms with Crippen molar-refractivity contribution in [2.45, 2.75) is 10.7 Å². The van der Waals surface area contributed by atoms with Crippen molar-refractivity contribution in [1.82, 2.24) is 0 Å². The molecule has 0 aliphatic rings. The molecule has 0 aromatic carbocycles. The van der Waals surface area contributed by atoms with Crippen molar-refractivity contribution < 1.29 is 19.8 Å². The minimum absolute atomic E-state index is 0.972. The third kappa shape index (κ3) is 17.7. The van der Waals surface area contributed by atoms with E-state index in [2.05, 4.69) is 0 Å². The second kappa shape index (κ2) is 5.46. The molecule has 7 heteroatoms. The predicted molar refractivity (Wildman–Crippen MR) is 36.0 cm³/mol. The van der Waals surface area contributed by atoms with Crippen LogP contribution in [0.1, 0.15) is 6.92 Å². The van der Waals surface area contributed by atoms with Crippen LogP contribution in [0.4, 0.5) is 0 Å². The SMILES string of the molecule is CC(=O)[O-].O=C([O-])C(Cl)(Cl)Cl. The summed E-state index contributed by atoms with van der Waals surface area (Å²) in [5, 5.41) is 18.4. The molecule has 0 saturated heterocycles. The molecule has 0 saturated carbocycles. The lowest BCUT2D eigenvalue weighted by molar-refractivity contribution is -0.305. The maximum absolute atomic E-state index is 9.51. The zero-order valence-corrected chi connectivity index (χ0v) is 7.53. The largest absolute Gasteiger partial charge is 0.550 e. The Bertz CT molecular complexity index is 146. The standard InChI is InChI=1S/C2HCl3O2.C2H4O2/c3-2(4,5)1(6)7;1-2(3)4/h(H,6,7);1H3,(H,3,4)/p-2. The summed E-state index contributed by atoms with van der Waals surface area (Å²) in [5.74, 6) is -2.79. The molecule has 0 aromatic rings. The molecule has 0 atom stereocenters. The summed E-state index contributed by atoms with van der Waals surface area (Å²) in [6.07, 6.45) is 0. The summed E-state index contributed by atoms with van der Waals surface area (Å²) < 4.78 is -2.28. The van der Waals surface area contributed by atoms with Gasteiger partial charge in [0.25, 0.3) is 0 Å². The molecule has 0 N–H and O–H groups in total. The third-order valence-electron chi connectivity index (χ3n) is 0.231. The van der Waals surface area contributed by atoms with Crippen LogP contribution in [-0.4, -0.2) is 15.7 Å².